The molecule has 0 aliphatic rings. The third kappa shape index (κ3) is 5.80. The van der Waals surface area contributed by atoms with E-state index in [4.69, 9.17) is 0 Å². The highest BCUT2D eigenvalue weighted by molar-refractivity contribution is 8.02. The van der Waals surface area contributed by atoms with E-state index in [2.05, 4.69) is 20.8 Å². The van der Waals surface area contributed by atoms with E-state index in [1.54, 1.807) is 12.1 Å². The standard InChI is InChI=1S/C15H19FN4OS2/c1-9(2)8-17-13(21)10(3)22-15-20-19-14(23-15)18-12-6-4-5-11(16)7-12/h4-7,9-10H,8H2,1-3H3,(H,17,21)(H,18,19). The number of nitrogens with one attached hydrogen (secondary N) is 2. The minimum absolute atomic E-state index is 0.0152. The average Bonchev–Trinajstić information content (AvgIpc) is 2.91. The molecular weight excluding hydrogens is 335 g/mol. The van der Waals surface area contributed by atoms with Gasteiger partial charge in [0.2, 0.25) is 11.0 Å². The van der Waals surface area contributed by atoms with Gasteiger partial charge in [0.15, 0.2) is 4.34 Å². The lowest BCUT2D eigenvalue weighted by Gasteiger charge is -2.11. The molecule has 0 saturated heterocycles. The zero-order valence-corrected chi connectivity index (χ0v) is 14.8. The highest BCUT2D eigenvalue weighted by Gasteiger charge is 2.17. The van der Waals surface area contributed by atoms with Crippen molar-refractivity contribution >= 4 is 39.8 Å². The van der Waals surface area contributed by atoms with Crippen LogP contribution in [-0.2, 0) is 4.79 Å². The van der Waals surface area contributed by atoms with E-state index in [1.807, 2.05) is 20.8 Å². The van der Waals surface area contributed by atoms with Gasteiger partial charge in [-0.2, -0.15) is 0 Å². The van der Waals surface area contributed by atoms with Crippen LogP contribution in [0.3, 0.4) is 0 Å². The first-order valence-corrected chi connectivity index (χ1v) is 8.94. The molecule has 1 heterocycles. The molecule has 8 heteroatoms. The molecule has 2 aromatic rings. The van der Waals surface area contributed by atoms with Crippen molar-refractivity contribution < 1.29 is 9.18 Å². The van der Waals surface area contributed by atoms with E-state index < -0.39 is 0 Å². The van der Waals surface area contributed by atoms with Crippen LogP contribution in [0.15, 0.2) is 28.6 Å². The Bertz CT molecular complexity index is 662. The summed E-state index contributed by atoms with van der Waals surface area (Å²) in [5.74, 6) is 0.0860. The Labute approximate surface area is 143 Å². The van der Waals surface area contributed by atoms with Gasteiger partial charge in [0.1, 0.15) is 5.82 Å². The molecule has 1 aromatic carbocycles. The van der Waals surface area contributed by atoms with Gasteiger partial charge in [0.05, 0.1) is 5.25 Å². The number of hydrogen-bond donors (Lipinski definition) is 2. The SMILES string of the molecule is CC(C)CNC(=O)C(C)Sc1nnc(Nc2cccc(F)c2)s1. The number of benzene rings is 1. The smallest absolute Gasteiger partial charge is 0.233 e. The molecule has 0 aliphatic carbocycles. The molecule has 1 amide bonds. The van der Waals surface area contributed by atoms with Crippen molar-refractivity contribution in [1.82, 2.24) is 15.5 Å². The van der Waals surface area contributed by atoms with Gasteiger partial charge < -0.3 is 10.6 Å². The number of carbonyl (C=O) groups excluding carboxylic acids is 1. The van der Waals surface area contributed by atoms with E-state index >= 15 is 0 Å². The van der Waals surface area contributed by atoms with E-state index in [-0.39, 0.29) is 17.0 Å². The Kier molecular flexibility index (Phi) is 6.35. The zero-order chi connectivity index (χ0) is 16.8. The summed E-state index contributed by atoms with van der Waals surface area (Å²) in [5.41, 5.74) is 0.612. The van der Waals surface area contributed by atoms with Crippen molar-refractivity contribution in [2.24, 2.45) is 5.92 Å². The average molecular weight is 354 g/mol. The maximum atomic E-state index is 13.1. The Morgan fingerprint density at radius 1 is 1.35 bits per heavy atom. The number of aromatic nitrogens is 2. The van der Waals surface area contributed by atoms with E-state index in [1.165, 1.54) is 35.2 Å². The largest absolute Gasteiger partial charge is 0.355 e. The van der Waals surface area contributed by atoms with Crippen molar-refractivity contribution in [2.75, 3.05) is 11.9 Å². The monoisotopic (exact) mass is 354 g/mol. The molecule has 0 spiro atoms. The summed E-state index contributed by atoms with van der Waals surface area (Å²) in [5, 5.41) is 14.3. The lowest BCUT2D eigenvalue weighted by atomic mass is 10.2. The number of carbonyl (C=O) groups is 1. The van der Waals surface area contributed by atoms with Crippen LogP contribution in [0.5, 0.6) is 0 Å². The maximum Gasteiger partial charge on any atom is 0.233 e. The van der Waals surface area contributed by atoms with Crippen molar-refractivity contribution in [3.8, 4) is 0 Å². The van der Waals surface area contributed by atoms with Gasteiger partial charge in [0, 0.05) is 12.2 Å². The molecule has 23 heavy (non-hydrogen) atoms. The number of hydrogen-bond acceptors (Lipinski definition) is 6. The molecule has 0 bridgehead atoms. The Balaban J connectivity index is 1.90. The van der Waals surface area contributed by atoms with Crippen LogP contribution in [0.4, 0.5) is 15.2 Å². The van der Waals surface area contributed by atoms with Gasteiger partial charge in [-0.05, 0) is 31.0 Å². The van der Waals surface area contributed by atoms with Crippen molar-refractivity contribution in [3.63, 3.8) is 0 Å². The van der Waals surface area contributed by atoms with E-state index in [9.17, 15) is 9.18 Å². The molecule has 0 fully saturated rings. The fraction of sp³-hybridized carbons (Fsp3) is 0.400. The molecule has 1 atom stereocenters. The fourth-order valence-corrected chi connectivity index (χ4v) is 3.59. The van der Waals surface area contributed by atoms with Crippen LogP contribution >= 0.6 is 23.1 Å². The van der Waals surface area contributed by atoms with Gasteiger partial charge in [-0.15, -0.1) is 10.2 Å². The predicted octanol–water partition coefficient (Wildman–Crippen LogP) is 3.67. The normalized spacial score (nSPS) is 12.2. The lowest BCUT2D eigenvalue weighted by Crippen LogP contribution is -2.33. The quantitative estimate of drug-likeness (QED) is 0.743. The van der Waals surface area contributed by atoms with Crippen LogP contribution in [0.1, 0.15) is 20.8 Å². The molecule has 124 valence electrons. The predicted molar refractivity (Wildman–Crippen MR) is 92.8 cm³/mol. The van der Waals surface area contributed by atoms with Crippen LogP contribution in [0, 0.1) is 11.7 Å². The fourth-order valence-electron chi connectivity index (χ4n) is 1.65. The topological polar surface area (TPSA) is 66.9 Å². The van der Waals surface area contributed by atoms with Gasteiger partial charge in [-0.3, -0.25) is 4.79 Å². The van der Waals surface area contributed by atoms with Crippen LogP contribution in [0.25, 0.3) is 0 Å². The molecule has 0 radical (unpaired) electrons. The lowest BCUT2D eigenvalue weighted by molar-refractivity contribution is -0.120. The van der Waals surface area contributed by atoms with Gasteiger partial charge in [-0.25, -0.2) is 4.39 Å². The van der Waals surface area contributed by atoms with Gasteiger partial charge in [0.25, 0.3) is 0 Å². The number of rotatable bonds is 7. The highest BCUT2D eigenvalue weighted by atomic mass is 32.2. The molecule has 2 N–H and O–H groups in total. The second-order valence-corrected chi connectivity index (χ2v) is 7.97. The molecule has 0 aliphatic heterocycles. The third-order valence-electron chi connectivity index (χ3n) is 2.81. The van der Waals surface area contributed by atoms with Gasteiger partial charge >= 0.3 is 0 Å². The summed E-state index contributed by atoms with van der Waals surface area (Å²) in [7, 11) is 0. The second kappa shape index (κ2) is 8.26. The highest BCUT2D eigenvalue weighted by Crippen LogP contribution is 2.30. The number of thioether (sulfide) groups is 1. The van der Waals surface area contributed by atoms with E-state index in [0.29, 0.717) is 27.6 Å². The minimum atomic E-state index is -0.315. The molecule has 5 nitrogen and oxygen atoms in total. The second-order valence-electron chi connectivity index (χ2n) is 5.41. The Morgan fingerprint density at radius 2 is 2.13 bits per heavy atom. The Hall–Kier alpha value is -1.67. The third-order valence-corrected chi connectivity index (χ3v) is 4.84. The van der Waals surface area contributed by atoms with Crippen molar-refractivity contribution in [1.29, 1.82) is 0 Å². The molecule has 1 aromatic heterocycles. The molecule has 1 unspecified atom stereocenters. The summed E-state index contributed by atoms with van der Waals surface area (Å²) in [6.07, 6.45) is 0. The van der Waals surface area contributed by atoms with Crippen molar-refractivity contribution in [3.05, 3.63) is 30.1 Å². The first kappa shape index (κ1) is 17.7. The number of anilines is 2. The van der Waals surface area contributed by atoms with Crippen LogP contribution in [0.2, 0.25) is 0 Å². The number of halogens is 1. The zero-order valence-electron chi connectivity index (χ0n) is 13.2. The molecule has 0 saturated carbocycles. The Morgan fingerprint density at radius 3 is 2.83 bits per heavy atom. The van der Waals surface area contributed by atoms with Crippen molar-refractivity contribution in [2.45, 2.75) is 30.4 Å². The van der Waals surface area contributed by atoms with Crippen LogP contribution < -0.4 is 10.6 Å². The van der Waals surface area contributed by atoms with Gasteiger partial charge in [-0.1, -0.05) is 43.0 Å². The summed E-state index contributed by atoms with van der Waals surface area (Å²) < 4.78 is 13.8. The van der Waals surface area contributed by atoms with E-state index in [0.717, 1.165) is 0 Å². The first-order valence-electron chi connectivity index (χ1n) is 7.24. The summed E-state index contributed by atoms with van der Waals surface area (Å²) in [6, 6.07) is 6.13. The van der Waals surface area contributed by atoms with Crippen LogP contribution in [-0.4, -0.2) is 27.9 Å². The first-order chi connectivity index (χ1) is 10.9. The maximum absolute atomic E-state index is 13.1. The minimum Gasteiger partial charge on any atom is -0.355 e. The number of nitrogens with zero attached hydrogens (tertiary/aromatic N) is 2. The summed E-state index contributed by atoms with van der Waals surface area (Å²) in [6.45, 7) is 6.59. The number of amides is 1. The molecule has 2 rings (SSSR count). The molecular formula is C15H19FN4OS2. The summed E-state index contributed by atoms with van der Waals surface area (Å²) >= 11 is 2.69. The summed E-state index contributed by atoms with van der Waals surface area (Å²) in [4.78, 5) is 12.0.